The number of halogens is 1. The molecule has 5 rings (SSSR count). The molecule has 0 saturated carbocycles. The van der Waals surface area contributed by atoms with Crippen LogP contribution in [0.2, 0.25) is 5.15 Å². The third kappa shape index (κ3) is 3.15. The summed E-state index contributed by atoms with van der Waals surface area (Å²) in [6.07, 6.45) is 6.57. The van der Waals surface area contributed by atoms with Crippen molar-refractivity contribution < 1.29 is 4.74 Å². The van der Waals surface area contributed by atoms with Crippen molar-refractivity contribution in [1.82, 2.24) is 14.9 Å². The van der Waals surface area contributed by atoms with Gasteiger partial charge in [0.1, 0.15) is 16.7 Å². The molecule has 0 amide bonds. The molecule has 0 spiro atoms. The Morgan fingerprint density at radius 1 is 1.00 bits per heavy atom. The molecule has 1 unspecified atom stereocenters. The van der Waals surface area contributed by atoms with Crippen LogP contribution in [0.1, 0.15) is 19.0 Å². The number of benzene rings is 2. The summed E-state index contributed by atoms with van der Waals surface area (Å²) in [6.45, 7) is 1.05. The van der Waals surface area contributed by atoms with Crippen molar-refractivity contribution in [2.24, 2.45) is 0 Å². The van der Waals surface area contributed by atoms with Crippen LogP contribution < -0.4 is 10.1 Å². The molecule has 0 radical (unpaired) electrons. The number of nitrogens with one attached hydrogen (secondary N) is 1. The van der Waals surface area contributed by atoms with Crippen molar-refractivity contribution in [1.29, 1.82) is 0 Å². The third-order valence-electron chi connectivity index (χ3n) is 5.21. The van der Waals surface area contributed by atoms with Crippen LogP contribution >= 0.6 is 11.6 Å². The fourth-order valence-electron chi connectivity index (χ4n) is 3.87. The van der Waals surface area contributed by atoms with E-state index in [-0.39, 0.29) is 0 Å². The zero-order chi connectivity index (χ0) is 18.9. The van der Waals surface area contributed by atoms with E-state index in [1.165, 1.54) is 6.42 Å². The first kappa shape index (κ1) is 17.3. The van der Waals surface area contributed by atoms with E-state index in [4.69, 9.17) is 16.3 Å². The van der Waals surface area contributed by atoms with Crippen LogP contribution in [-0.4, -0.2) is 16.1 Å². The second-order valence-electron chi connectivity index (χ2n) is 7.00. The molecule has 4 nitrogen and oxygen atoms in total. The maximum Gasteiger partial charge on any atom is 0.138 e. The van der Waals surface area contributed by atoms with Gasteiger partial charge in [0.15, 0.2) is 0 Å². The molecule has 3 heterocycles. The van der Waals surface area contributed by atoms with E-state index in [2.05, 4.69) is 33.2 Å². The zero-order valence-corrected chi connectivity index (χ0v) is 16.1. The minimum Gasteiger partial charge on any atom is -0.457 e. The number of pyridine rings is 1. The molecule has 1 saturated heterocycles. The van der Waals surface area contributed by atoms with E-state index in [1.807, 2.05) is 48.5 Å². The molecule has 2 aromatic heterocycles. The van der Waals surface area contributed by atoms with Gasteiger partial charge in [-0.15, -0.1) is 0 Å². The standard InChI is InChI=1S/C23H20ClN3O/c24-23-22-19(15-27(20(22)12-14-26-23)21-7-4-13-25-21)16-8-10-18(11-9-16)28-17-5-2-1-3-6-17/h1-3,5-6,8-12,14-15,21,25H,4,7,13H2. The number of ether oxygens (including phenoxy) is 1. The van der Waals surface area contributed by atoms with Crippen molar-refractivity contribution in [3.05, 3.63) is 78.2 Å². The zero-order valence-electron chi connectivity index (χ0n) is 15.3. The lowest BCUT2D eigenvalue weighted by Gasteiger charge is -2.13. The van der Waals surface area contributed by atoms with E-state index in [0.29, 0.717) is 11.3 Å². The molecule has 1 aliphatic heterocycles. The van der Waals surface area contributed by atoms with Crippen molar-refractivity contribution in [2.45, 2.75) is 19.0 Å². The maximum absolute atomic E-state index is 6.50. The Bertz CT molecular complexity index is 1100. The first-order valence-corrected chi connectivity index (χ1v) is 9.89. The lowest BCUT2D eigenvalue weighted by atomic mass is 10.1. The number of para-hydroxylation sites is 1. The van der Waals surface area contributed by atoms with Crippen LogP contribution in [0, 0.1) is 0 Å². The van der Waals surface area contributed by atoms with E-state index in [0.717, 1.165) is 46.5 Å². The first-order valence-electron chi connectivity index (χ1n) is 9.51. The van der Waals surface area contributed by atoms with Gasteiger partial charge in [-0.3, -0.25) is 5.32 Å². The molecular formula is C23H20ClN3O. The highest BCUT2D eigenvalue weighted by molar-refractivity contribution is 6.35. The van der Waals surface area contributed by atoms with Gasteiger partial charge in [-0.25, -0.2) is 4.98 Å². The Labute approximate surface area is 168 Å². The second-order valence-corrected chi connectivity index (χ2v) is 7.36. The summed E-state index contributed by atoms with van der Waals surface area (Å²) in [5.41, 5.74) is 3.30. The molecule has 1 fully saturated rings. The van der Waals surface area contributed by atoms with Crippen molar-refractivity contribution >= 4 is 22.5 Å². The van der Waals surface area contributed by atoms with Crippen molar-refractivity contribution in [3.8, 4) is 22.6 Å². The Hall–Kier alpha value is -2.82. The quantitative estimate of drug-likeness (QED) is 0.433. The predicted molar refractivity (Wildman–Crippen MR) is 113 cm³/mol. The molecule has 1 atom stereocenters. The summed E-state index contributed by atoms with van der Waals surface area (Å²) in [7, 11) is 0. The van der Waals surface area contributed by atoms with Gasteiger partial charge in [-0.1, -0.05) is 41.9 Å². The summed E-state index contributed by atoms with van der Waals surface area (Å²) in [4.78, 5) is 4.31. The fraction of sp³-hybridized carbons (Fsp3) is 0.174. The largest absolute Gasteiger partial charge is 0.457 e. The summed E-state index contributed by atoms with van der Waals surface area (Å²) in [5.74, 6) is 1.63. The van der Waals surface area contributed by atoms with Crippen LogP contribution in [0.15, 0.2) is 73.1 Å². The highest BCUT2D eigenvalue weighted by atomic mass is 35.5. The first-order chi connectivity index (χ1) is 13.8. The Kier molecular flexibility index (Phi) is 4.51. The highest BCUT2D eigenvalue weighted by Gasteiger charge is 2.21. The van der Waals surface area contributed by atoms with Gasteiger partial charge in [-0.05, 0) is 55.3 Å². The SMILES string of the molecule is Clc1nccc2c1c(-c1ccc(Oc3ccccc3)cc1)cn2C1CCCN1. The van der Waals surface area contributed by atoms with E-state index in [9.17, 15) is 0 Å². The number of rotatable bonds is 4. The van der Waals surface area contributed by atoms with Gasteiger partial charge in [0.05, 0.1) is 11.7 Å². The maximum atomic E-state index is 6.50. The molecule has 2 aromatic carbocycles. The number of nitrogens with zero attached hydrogens (tertiary/aromatic N) is 2. The van der Waals surface area contributed by atoms with Gasteiger partial charge in [-0.2, -0.15) is 0 Å². The third-order valence-corrected chi connectivity index (χ3v) is 5.50. The Morgan fingerprint density at radius 2 is 1.79 bits per heavy atom. The van der Waals surface area contributed by atoms with Gasteiger partial charge in [0, 0.05) is 23.3 Å². The average molecular weight is 390 g/mol. The van der Waals surface area contributed by atoms with Crippen LogP contribution in [0.4, 0.5) is 0 Å². The molecule has 1 aliphatic rings. The number of hydrogen-bond donors (Lipinski definition) is 1. The lowest BCUT2D eigenvalue weighted by Crippen LogP contribution is -2.18. The summed E-state index contributed by atoms with van der Waals surface area (Å²) in [5, 5.41) is 5.10. The number of hydrogen-bond acceptors (Lipinski definition) is 3. The average Bonchev–Trinajstić information content (AvgIpc) is 3.38. The van der Waals surface area contributed by atoms with Gasteiger partial charge < -0.3 is 9.30 Å². The van der Waals surface area contributed by atoms with Crippen molar-refractivity contribution in [3.63, 3.8) is 0 Å². The number of aromatic nitrogens is 2. The predicted octanol–water partition coefficient (Wildman–Crippen LogP) is 6.03. The molecule has 0 aliphatic carbocycles. The monoisotopic (exact) mass is 389 g/mol. The van der Waals surface area contributed by atoms with E-state index < -0.39 is 0 Å². The summed E-state index contributed by atoms with van der Waals surface area (Å²) >= 11 is 6.50. The fourth-order valence-corrected chi connectivity index (χ4v) is 4.13. The van der Waals surface area contributed by atoms with Crippen LogP contribution in [0.3, 0.4) is 0 Å². The topological polar surface area (TPSA) is 39.1 Å². The van der Waals surface area contributed by atoms with Crippen molar-refractivity contribution in [2.75, 3.05) is 6.54 Å². The molecule has 140 valence electrons. The molecular weight excluding hydrogens is 370 g/mol. The molecule has 1 N–H and O–H groups in total. The second kappa shape index (κ2) is 7.30. The van der Waals surface area contributed by atoms with E-state index >= 15 is 0 Å². The van der Waals surface area contributed by atoms with Crippen LogP contribution in [-0.2, 0) is 0 Å². The molecule has 4 aromatic rings. The number of fused-ring (bicyclic) bond motifs is 1. The van der Waals surface area contributed by atoms with Gasteiger partial charge in [0.25, 0.3) is 0 Å². The van der Waals surface area contributed by atoms with E-state index in [1.54, 1.807) is 6.20 Å². The van der Waals surface area contributed by atoms with Gasteiger partial charge in [0.2, 0.25) is 0 Å². The lowest BCUT2D eigenvalue weighted by molar-refractivity contribution is 0.482. The minimum atomic E-state index is 0.301. The smallest absolute Gasteiger partial charge is 0.138 e. The summed E-state index contributed by atoms with van der Waals surface area (Å²) < 4.78 is 8.20. The van der Waals surface area contributed by atoms with Crippen LogP contribution in [0.5, 0.6) is 11.5 Å². The normalized spacial score (nSPS) is 16.5. The van der Waals surface area contributed by atoms with Crippen LogP contribution in [0.25, 0.3) is 22.0 Å². The highest BCUT2D eigenvalue weighted by Crippen LogP contribution is 2.37. The molecule has 5 heteroatoms. The molecule has 28 heavy (non-hydrogen) atoms. The molecule has 0 bridgehead atoms. The summed E-state index contributed by atoms with van der Waals surface area (Å²) in [6, 6.07) is 20.0. The Balaban J connectivity index is 1.53. The Morgan fingerprint density at radius 3 is 2.54 bits per heavy atom. The minimum absolute atomic E-state index is 0.301. The van der Waals surface area contributed by atoms with Gasteiger partial charge >= 0.3 is 0 Å².